The number of aromatic hydroxyl groups is 1. The molecule has 1 aromatic carbocycles. The molecule has 29 heteroatoms. The van der Waals surface area contributed by atoms with Crippen molar-refractivity contribution in [1.82, 2.24) is 30.2 Å². The van der Waals surface area contributed by atoms with Crippen LogP contribution in [0, 0.1) is 5.41 Å². The summed E-state index contributed by atoms with van der Waals surface area (Å²) < 4.78 is 67.2. The molecule has 1 fully saturated rings. The predicted octanol–water partition coefficient (Wildman–Crippen LogP) is -0.289. The average molecular weight is 914 g/mol. The molecular formula is C31H46N7O19P3. The van der Waals surface area contributed by atoms with E-state index in [1.165, 1.54) is 27.0 Å². The van der Waals surface area contributed by atoms with E-state index in [0.717, 1.165) is 22.8 Å². The van der Waals surface area contributed by atoms with Crippen molar-refractivity contribution in [2.75, 3.05) is 39.1 Å². The Morgan fingerprint density at radius 1 is 1.00 bits per heavy atom. The second kappa shape index (κ2) is 20.3. The number of Topliss-reactive ketones (excluding diaryl/α,β-unsaturated/α-hetero) is 1. The number of methoxy groups -OCH3 is 1. The zero-order chi connectivity index (χ0) is 44.6. The molecule has 3 aromatic rings. The Morgan fingerprint density at radius 3 is 2.37 bits per heavy atom. The average Bonchev–Trinajstić information content (AvgIpc) is 3.72. The highest BCUT2D eigenvalue weighted by molar-refractivity contribution is 7.61. The van der Waals surface area contributed by atoms with Gasteiger partial charge in [0.1, 0.15) is 42.0 Å². The summed E-state index contributed by atoms with van der Waals surface area (Å²) in [6.07, 6.45) is -6.44. The normalized spacial score (nSPS) is 20.9. The highest BCUT2D eigenvalue weighted by Gasteiger charge is 2.50. The maximum atomic E-state index is 12.7. The molecule has 1 aliphatic heterocycles. The van der Waals surface area contributed by atoms with E-state index >= 15 is 0 Å². The molecule has 1 aliphatic rings. The number of aryl methyl sites for hydroxylation is 1. The number of benzene rings is 1. The number of phosphoric ester groups is 3. The van der Waals surface area contributed by atoms with Crippen LogP contribution in [0.25, 0.3) is 11.2 Å². The summed E-state index contributed by atoms with van der Waals surface area (Å²) in [6, 6.07) is 4.73. The summed E-state index contributed by atoms with van der Waals surface area (Å²) in [5, 5.41) is 36.0. The number of nitrogen functional groups attached to an aromatic ring is 1. The molecule has 60 heavy (non-hydrogen) atoms. The van der Waals surface area contributed by atoms with E-state index in [9.17, 15) is 63.0 Å². The molecule has 26 nitrogen and oxygen atoms in total. The first-order valence-corrected chi connectivity index (χ1v) is 22.2. The molecule has 0 radical (unpaired) electrons. The predicted molar refractivity (Wildman–Crippen MR) is 202 cm³/mol. The molecule has 0 spiro atoms. The van der Waals surface area contributed by atoms with Gasteiger partial charge in [-0.25, -0.2) is 28.6 Å². The molecule has 3 heterocycles. The number of carbonyl (C=O) groups is 3. The summed E-state index contributed by atoms with van der Waals surface area (Å²) in [5.41, 5.74) is 5.00. The Morgan fingerprint density at radius 2 is 1.68 bits per heavy atom. The van der Waals surface area contributed by atoms with Gasteiger partial charge in [0.25, 0.3) is 0 Å². The number of nitrogens with one attached hydrogen (secondary N) is 2. The molecule has 2 aromatic heterocycles. The summed E-state index contributed by atoms with van der Waals surface area (Å²) in [7, 11) is -15.0. The van der Waals surface area contributed by atoms with Crippen molar-refractivity contribution in [3.63, 3.8) is 0 Å². The van der Waals surface area contributed by atoms with Crippen molar-refractivity contribution >= 4 is 58.0 Å². The topological polar surface area (TPSA) is 393 Å². The molecule has 2 amide bonds. The van der Waals surface area contributed by atoms with E-state index in [-0.39, 0.29) is 66.6 Å². The van der Waals surface area contributed by atoms with Crippen LogP contribution in [0.2, 0.25) is 0 Å². The second-order valence-electron chi connectivity index (χ2n) is 13.9. The highest BCUT2D eigenvalue weighted by Crippen LogP contribution is 2.61. The number of aliphatic hydroxyl groups is 2. The maximum Gasteiger partial charge on any atom is 0.481 e. The number of fused-ring (bicyclic) bond motifs is 1. The Labute approximate surface area is 340 Å². The molecule has 0 bridgehead atoms. The number of hydrogen-bond donors (Lipinski definition) is 10. The van der Waals surface area contributed by atoms with Crippen LogP contribution in [0.1, 0.15) is 44.9 Å². The fourth-order valence-electron chi connectivity index (χ4n) is 5.57. The second-order valence-corrected chi connectivity index (χ2v) is 18.1. The number of nitrogens with two attached hydrogens (primary N) is 1. The van der Waals surface area contributed by atoms with Crippen LogP contribution in [-0.2, 0) is 57.1 Å². The van der Waals surface area contributed by atoms with E-state index in [2.05, 4.69) is 34.4 Å². The fraction of sp³-hybridized carbons (Fsp3) is 0.548. The number of phosphoric acid groups is 3. The first-order chi connectivity index (χ1) is 27.9. The molecule has 7 unspecified atom stereocenters. The SMILES string of the molecule is COc1cc(CCC(=O)CCNC(=O)CCNC(=O)C(O)C(C)(C)COP(=O)(O)OP(=O)(O)OCC2OC(n3cnc4c(N)ncnc43)C(O)C2OP(=O)(O)O)ccc1O. The minimum atomic E-state index is -5.59. The van der Waals surface area contributed by atoms with Crippen LogP contribution >= 0.6 is 23.5 Å². The number of imidazole rings is 1. The van der Waals surface area contributed by atoms with Crippen molar-refractivity contribution in [2.45, 2.75) is 70.2 Å². The standard InChI is InChI=1S/C31H46N7O19P3/c1-31(2,26(43)29(44)34-11-9-22(41)33-10-8-18(39)6-4-17-5-7-19(40)20(12-17)52-3)14-54-60(50,51)57-59(48,49)53-13-21-25(56-58(45,46)47)24(42)30(55-21)38-16-37-23-27(32)35-15-36-28(23)38/h5,7,12,15-16,21,24-26,30,40,42-43H,4,6,8-11,13-14H2,1-3H3,(H,33,41)(H,34,44)(H,48,49)(H,50,51)(H2,32,35,36)(H2,45,46,47). The van der Waals surface area contributed by atoms with Crippen LogP contribution in [-0.4, -0.2) is 130 Å². The molecular weight excluding hydrogens is 867 g/mol. The van der Waals surface area contributed by atoms with Gasteiger partial charge in [0.05, 0.1) is 26.7 Å². The van der Waals surface area contributed by atoms with Gasteiger partial charge >= 0.3 is 23.5 Å². The van der Waals surface area contributed by atoms with Gasteiger partial charge in [-0.05, 0) is 24.1 Å². The molecule has 0 aliphatic carbocycles. The number of phenols is 1. The van der Waals surface area contributed by atoms with Gasteiger partial charge < -0.3 is 60.7 Å². The van der Waals surface area contributed by atoms with E-state index in [4.69, 9.17) is 24.3 Å². The maximum absolute atomic E-state index is 12.7. The number of ether oxygens (including phenoxy) is 2. The molecule has 7 atom stereocenters. The molecule has 0 saturated carbocycles. The first kappa shape index (κ1) is 48.7. The summed E-state index contributed by atoms with van der Waals surface area (Å²) >= 11 is 0. The number of phenolic OH excluding ortho intramolecular Hbond substituents is 1. The zero-order valence-corrected chi connectivity index (χ0v) is 34.9. The van der Waals surface area contributed by atoms with Crippen molar-refractivity contribution < 1.29 is 90.3 Å². The zero-order valence-electron chi connectivity index (χ0n) is 32.2. The minimum Gasteiger partial charge on any atom is -0.504 e. The number of aliphatic hydroxyl groups excluding tert-OH is 2. The highest BCUT2D eigenvalue weighted by atomic mass is 31.3. The third kappa shape index (κ3) is 13.8. The lowest BCUT2D eigenvalue weighted by Crippen LogP contribution is -2.46. The fourth-order valence-corrected chi connectivity index (χ4v) is 8.40. The Hall–Kier alpha value is -3.97. The number of amides is 2. The minimum absolute atomic E-state index is 0.0230. The van der Waals surface area contributed by atoms with E-state index in [0.29, 0.717) is 6.42 Å². The van der Waals surface area contributed by atoms with Crippen molar-refractivity contribution in [2.24, 2.45) is 5.41 Å². The third-order valence-corrected chi connectivity index (χ3v) is 11.8. The van der Waals surface area contributed by atoms with Crippen molar-refractivity contribution in [3.05, 3.63) is 36.4 Å². The molecule has 11 N–H and O–H groups in total. The lowest BCUT2D eigenvalue weighted by atomic mass is 9.87. The number of anilines is 1. The van der Waals surface area contributed by atoms with Crippen molar-refractivity contribution in [3.8, 4) is 11.5 Å². The van der Waals surface area contributed by atoms with Gasteiger partial charge in [-0.3, -0.25) is 32.5 Å². The van der Waals surface area contributed by atoms with Gasteiger partial charge in [0.15, 0.2) is 29.2 Å². The Kier molecular flexibility index (Phi) is 16.4. The number of aromatic nitrogens is 4. The molecule has 4 rings (SSSR count). The monoisotopic (exact) mass is 913 g/mol. The van der Waals surface area contributed by atoms with Crippen LogP contribution < -0.4 is 21.1 Å². The van der Waals surface area contributed by atoms with E-state index < -0.39 is 84.6 Å². The number of carbonyl (C=O) groups excluding carboxylic acids is 3. The smallest absolute Gasteiger partial charge is 0.481 e. The quantitative estimate of drug-likeness (QED) is 0.0546. The van der Waals surface area contributed by atoms with Crippen LogP contribution in [0.15, 0.2) is 30.9 Å². The first-order valence-electron chi connectivity index (χ1n) is 17.7. The lowest BCUT2D eigenvalue weighted by Gasteiger charge is -2.30. The van der Waals surface area contributed by atoms with Crippen LogP contribution in [0.5, 0.6) is 11.5 Å². The summed E-state index contributed by atoms with van der Waals surface area (Å²) in [6.45, 7) is 0.207. The molecule has 334 valence electrons. The summed E-state index contributed by atoms with van der Waals surface area (Å²) in [5.74, 6) is -1.44. The van der Waals surface area contributed by atoms with E-state index in [1.807, 2.05) is 0 Å². The Balaban J connectivity index is 1.20. The number of ketones is 1. The van der Waals surface area contributed by atoms with Crippen molar-refractivity contribution in [1.29, 1.82) is 0 Å². The molecule has 1 saturated heterocycles. The third-order valence-electron chi connectivity index (χ3n) is 8.74. The van der Waals surface area contributed by atoms with Gasteiger partial charge in [-0.1, -0.05) is 19.9 Å². The van der Waals surface area contributed by atoms with Gasteiger partial charge in [-0.2, -0.15) is 4.31 Å². The Bertz CT molecular complexity index is 2150. The number of hydrogen-bond acceptors (Lipinski definition) is 19. The van der Waals surface area contributed by atoms with E-state index in [1.54, 1.807) is 12.1 Å². The van der Waals surface area contributed by atoms with Gasteiger partial charge in [-0.15, -0.1) is 0 Å². The largest absolute Gasteiger partial charge is 0.504 e. The number of nitrogens with zero attached hydrogens (tertiary/aromatic N) is 4. The van der Waals surface area contributed by atoms with Gasteiger partial charge in [0, 0.05) is 37.8 Å². The van der Waals surface area contributed by atoms with Crippen LogP contribution in [0.4, 0.5) is 5.82 Å². The lowest BCUT2D eigenvalue weighted by molar-refractivity contribution is -0.137. The summed E-state index contributed by atoms with van der Waals surface area (Å²) in [4.78, 5) is 88.1. The van der Waals surface area contributed by atoms with Crippen LogP contribution in [0.3, 0.4) is 0 Å². The number of rotatable bonds is 23. The van der Waals surface area contributed by atoms with Gasteiger partial charge in [0.2, 0.25) is 11.8 Å².